The number of esters is 1. The van der Waals surface area contributed by atoms with Crippen molar-refractivity contribution in [1.29, 1.82) is 0 Å². The van der Waals surface area contributed by atoms with Crippen molar-refractivity contribution in [3.05, 3.63) is 87.4 Å². The monoisotopic (exact) mass is 458 g/mol. The molecule has 3 aromatic rings. The predicted octanol–water partition coefficient (Wildman–Crippen LogP) is 6.02. The molecule has 0 saturated carbocycles. The highest BCUT2D eigenvalue weighted by Gasteiger charge is 2.29. The first-order chi connectivity index (χ1) is 16.2. The number of nitrogens with one attached hydrogen (secondary N) is 1. The van der Waals surface area contributed by atoms with Gasteiger partial charge in [0.15, 0.2) is 0 Å². The smallest absolute Gasteiger partial charge is 0.379 e. The maximum absolute atomic E-state index is 13.1. The van der Waals surface area contributed by atoms with Crippen LogP contribution in [0.1, 0.15) is 87.1 Å². The van der Waals surface area contributed by atoms with Crippen molar-refractivity contribution in [2.75, 3.05) is 0 Å². The van der Waals surface area contributed by atoms with Crippen molar-refractivity contribution >= 4 is 17.6 Å². The molecule has 0 saturated heterocycles. The zero-order valence-corrected chi connectivity index (χ0v) is 20.3. The fourth-order valence-electron chi connectivity index (χ4n) is 4.22. The first kappa shape index (κ1) is 23.5. The summed E-state index contributed by atoms with van der Waals surface area (Å²) in [5.41, 5.74) is 8.44. The summed E-state index contributed by atoms with van der Waals surface area (Å²) in [5, 5.41) is 4.39. The van der Waals surface area contributed by atoms with Gasteiger partial charge in [-0.25, -0.2) is 10.2 Å². The van der Waals surface area contributed by atoms with Gasteiger partial charge in [0.25, 0.3) is 5.91 Å². The number of benzene rings is 2. The average Bonchev–Trinajstić information content (AvgIpc) is 3.15. The van der Waals surface area contributed by atoms with Gasteiger partial charge in [0.1, 0.15) is 11.5 Å². The SMILES string of the molecule is Cc1ccc(C(=O)N/N=C2\CCCc3oc(C(=O)Oc4cc(C)ccc4C(C)C)c(C)c32)cc1. The van der Waals surface area contributed by atoms with Gasteiger partial charge in [0.05, 0.1) is 5.71 Å². The van der Waals surface area contributed by atoms with E-state index in [1.807, 2.05) is 51.1 Å². The summed E-state index contributed by atoms with van der Waals surface area (Å²) in [6, 6.07) is 13.2. The number of carbonyl (C=O) groups is 2. The van der Waals surface area contributed by atoms with Gasteiger partial charge in [0.2, 0.25) is 5.76 Å². The standard InChI is InChI=1S/C28H30N2O4/c1-16(2)21-14-11-18(4)15-24(21)34-28(32)26-19(5)25-22(7-6-8-23(25)33-26)29-30-27(31)20-12-9-17(3)10-13-20/h9-16H,6-8H2,1-5H3,(H,30,31)/b29-22+. The molecular formula is C28H30N2O4. The Balaban J connectivity index is 1.59. The Hall–Kier alpha value is -3.67. The summed E-state index contributed by atoms with van der Waals surface area (Å²) in [7, 11) is 0. The van der Waals surface area contributed by atoms with Crippen LogP contribution in [0.25, 0.3) is 0 Å². The molecule has 1 aliphatic carbocycles. The molecule has 1 amide bonds. The number of furan rings is 1. The fourth-order valence-corrected chi connectivity index (χ4v) is 4.22. The van der Waals surface area contributed by atoms with E-state index in [0.717, 1.165) is 28.7 Å². The first-order valence-electron chi connectivity index (χ1n) is 11.6. The second kappa shape index (κ2) is 9.67. The van der Waals surface area contributed by atoms with Gasteiger partial charge < -0.3 is 9.15 Å². The van der Waals surface area contributed by atoms with Gasteiger partial charge in [-0.15, -0.1) is 0 Å². The lowest BCUT2D eigenvalue weighted by molar-refractivity contribution is 0.0696. The van der Waals surface area contributed by atoms with E-state index in [1.165, 1.54) is 0 Å². The number of nitrogens with zero attached hydrogens (tertiary/aromatic N) is 1. The minimum absolute atomic E-state index is 0.181. The largest absolute Gasteiger partial charge is 0.453 e. The lowest BCUT2D eigenvalue weighted by atomic mass is 9.93. The van der Waals surface area contributed by atoms with Crippen LogP contribution in [0.4, 0.5) is 0 Å². The van der Waals surface area contributed by atoms with Crippen LogP contribution in [0.3, 0.4) is 0 Å². The maximum atomic E-state index is 13.1. The zero-order chi connectivity index (χ0) is 24.4. The molecule has 6 nitrogen and oxygen atoms in total. The second-order valence-electron chi connectivity index (χ2n) is 9.16. The molecule has 34 heavy (non-hydrogen) atoms. The summed E-state index contributed by atoms with van der Waals surface area (Å²) in [4.78, 5) is 25.6. The summed E-state index contributed by atoms with van der Waals surface area (Å²) in [5.74, 6) is 0.842. The van der Waals surface area contributed by atoms with Crippen molar-refractivity contribution in [2.24, 2.45) is 5.10 Å². The third-order valence-corrected chi connectivity index (χ3v) is 6.11. The molecule has 1 aromatic heterocycles. The third-order valence-electron chi connectivity index (χ3n) is 6.11. The van der Waals surface area contributed by atoms with E-state index in [2.05, 4.69) is 24.4 Å². The van der Waals surface area contributed by atoms with E-state index < -0.39 is 5.97 Å². The van der Waals surface area contributed by atoms with Crippen LogP contribution in [0.5, 0.6) is 5.75 Å². The van der Waals surface area contributed by atoms with Crippen LogP contribution in [-0.4, -0.2) is 17.6 Å². The van der Waals surface area contributed by atoms with Crippen LogP contribution in [0.2, 0.25) is 0 Å². The quantitative estimate of drug-likeness (QED) is 0.288. The van der Waals surface area contributed by atoms with Crippen molar-refractivity contribution in [3.63, 3.8) is 0 Å². The van der Waals surface area contributed by atoms with E-state index in [-0.39, 0.29) is 17.6 Å². The first-order valence-corrected chi connectivity index (χ1v) is 11.6. The highest BCUT2D eigenvalue weighted by Crippen LogP contribution is 2.32. The van der Waals surface area contributed by atoms with Gasteiger partial charge in [-0.2, -0.15) is 5.10 Å². The third kappa shape index (κ3) is 4.81. The minimum Gasteiger partial charge on any atom is -0.453 e. The zero-order valence-electron chi connectivity index (χ0n) is 20.3. The topological polar surface area (TPSA) is 80.9 Å². The summed E-state index contributed by atoms with van der Waals surface area (Å²) in [6.07, 6.45) is 2.21. The van der Waals surface area contributed by atoms with E-state index >= 15 is 0 Å². The number of rotatable bonds is 5. The normalized spacial score (nSPS) is 14.2. The fraction of sp³-hybridized carbons (Fsp3) is 0.321. The minimum atomic E-state index is -0.526. The number of hydrogen-bond donors (Lipinski definition) is 1. The molecule has 0 unspecified atom stereocenters. The van der Waals surface area contributed by atoms with Crippen LogP contribution >= 0.6 is 0 Å². The Bertz CT molecular complexity index is 1270. The highest BCUT2D eigenvalue weighted by atomic mass is 16.5. The molecule has 0 aliphatic heterocycles. The van der Waals surface area contributed by atoms with Gasteiger partial charge in [-0.3, -0.25) is 4.79 Å². The van der Waals surface area contributed by atoms with Crippen LogP contribution < -0.4 is 10.2 Å². The number of hydrazone groups is 1. The van der Waals surface area contributed by atoms with E-state index in [1.54, 1.807) is 12.1 Å². The van der Waals surface area contributed by atoms with Crippen molar-refractivity contribution in [3.8, 4) is 5.75 Å². The van der Waals surface area contributed by atoms with Gasteiger partial charge >= 0.3 is 5.97 Å². The number of ether oxygens (including phenoxy) is 1. The number of carbonyl (C=O) groups excluding carboxylic acids is 2. The van der Waals surface area contributed by atoms with Gasteiger partial charge in [0, 0.05) is 23.1 Å². The molecule has 0 radical (unpaired) electrons. The molecule has 1 heterocycles. The summed E-state index contributed by atoms with van der Waals surface area (Å²) >= 11 is 0. The number of amides is 1. The summed E-state index contributed by atoms with van der Waals surface area (Å²) in [6.45, 7) is 9.89. The molecule has 0 fully saturated rings. The predicted molar refractivity (Wildman–Crippen MR) is 132 cm³/mol. The molecule has 2 aromatic carbocycles. The molecule has 1 N–H and O–H groups in total. The molecular weight excluding hydrogens is 428 g/mol. The Morgan fingerprint density at radius 1 is 1.00 bits per heavy atom. The van der Waals surface area contributed by atoms with Crippen LogP contribution in [0, 0.1) is 20.8 Å². The van der Waals surface area contributed by atoms with E-state index in [9.17, 15) is 9.59 Å². The van der Waals surface area contributed by atoms with Crippen molar-refractivity contribution in [2.45, 2.75) is 59.8 Å². The van der Waals surface area contributed by atoms with Crippen molar-refractivity contribution < 1.29 is 18.7 Å². The molecule has 0 spiro atoms. The Labute approximate surface area is 200 Å². The molecule has 6 heteroatoms. The maximum Gasteiger partial charge on any atom is 0.379 e. The van der Waals surface area contributed by atoms with Crippen LogP contribution in [0.15, 0.2) is 52.0 Å². The van der Waals surface area contributed by atoms with E-state index in [4.69, 9.17) is 9.15 Å². The van der Waals surface area contributed by atoms with Crippen molar-refractivity contribution in [1.82, 2.24) is 5.43 Å². The van der Waals surface area contributed by atoms with Crippen LogP contribution in [-0.2, 0) is 6.42 Å². The molecule has 0 bridgehead atoms. The second-order valence-corrected chi connectivity index (χ2v) is 9.16. The molecule has 4 rings (SSSR count). The lowest BCUT2D eigenvalue weighted by Gasteiger charge is -2.13. The number of aryl methyl sites for hydroxylation is 3. The van der Waals surface area contributed by atoms with Gasteiger partial charge in [-0.1, -0.05) is 43.7 Å². The molecule has 0 atom stereocenters. The number of hydrogen-bond acceptors (Lipinski definition) is 5. The average molecular weight is 459 g/mol. The van der Waals surface area contributed by atoms with Gasteiger partial charge in [-0.05, 0) is 68.9 Å². The Kier molecular flexibility index (Phi) is 6.68. The summed E-state index contributed by atoms with van der Waals surface area (Å²) < 4.78 is 11.8. The Morgan fingerprint density at radius 3 is 2.41 bits per heavy atom. The molecule has 1 aliphatic rings. The Morgan fingerprint density at radius 2 is 1.71 bits per heavy atom. The van der Waals surface area contributed by atoms with E-state index in [0.29, 0.717) is 41.2 Å². The lowest BCUT2D eigenvalue weighted by Crippen LogP contribution is -2.22. The molecule has 176 valence electrons. The number of fused-ring (bicyclic) bond motifs is 1. The highest BCUT2D eigenvalue weighted by molar-refractivity contribution is 6.06.